The van der Waals surface area contributed by atoms with Crippen LogP contribution in [0.25, 0.3) is 10.6 Å². The normalized spacial score (nSPS) is 21.1. The van der Waals surface area contributed by atoms with Gasteiger partial charge >= 0.3 is 0 Å². The van der Waals surface area contributed by atoms with Crippen molar-refractivity contribution in [3.05, 3.63) is 40.9 Å². The number of amides is 1. The van der Waals surface area contributed by atoms with E-state index in [1.807, 2.05) is 32.0 Å². The minimum atomic E-state index is -0.0192. The van der Waals surface area contributed by atoms with E-state index in [0.29, 0.717) is 0 Å². The third-order valence-corrected chi connectivity index (χ3v) is 5.84. The van der Waals surface area contributed by atoms with Crippen LogP contribution in [0, 0.1) is 12.8 Å². The van der Waals surface area contributed by atoms with Gasteiger partial charge in [-0.05, 0) is 33.1 Å². The first kappa shape index (κ1) is 18.9. The summed E-state index contributed by atoms with van der Waals surface area (Å²) in [5, 5.41) is 4.14. The monoisotopic (exact) mass is 365 g/mol. The molecule has 2 aromatic rings. The zero-order valence-electron chi connectivity index (χ0n) is 14.0. The molecule has 4 nitrogen and oxygen atoms in total. The molecular formula is C18H24ClN3OS. The van der Waals surface area contributed by atoms with E-state index in [4.69, 9.17) is 5.73 Å². The Balaban J connectivity index is 0.00000208. The molecule has 1 aliphatic rings. The summed E-state index contributed by atoms with van der Waals surface area (Å²) in [4.78, 5) is 18.2. The molecule has 1 aromatic carbocycles. The molecule has 1 amide bonds. The number of benzene rings is 1. The maximum Gasteiger partial charge on any atom is 0.223 e. The van der Waals surface area contributed by atoms with E-state index in [1.54, 1.807) is 11.3 Å². The third-order valence-electron chi connectivity index (χ3n) is 4.45. The van der Waals surface area contributed by atoms with Gasteiger partial charge in [-0.2, -0.15) is 0 Å². The van der Waals surface area contributed by atoms with Crippen molar-refractivity contribution < 1.29 is 4.79 Å². The standard InChI is InChI=1S/C18H23N3OS.ClH/c1-11(20-17(22)14-8-9-15(19)10-14)16-12(2)21-18(23-16)13-6-4-3-5-7-13;/h3-7,11,14-15H,8-10,19H2,1-2H3,(H,20,22);1H. The van der Waals surface area contributed by atoms with Gasteiger partial charge in [-0.3, -0.25) is 4.79 Å². The maximum absolute atomic E-state index is 12.4. The van der Waals surface area contributed by atoms with E-state index in [0.717, 1.165) is 40.4 Å². The second-order valence-electron chi connectivity index (χ2n) is 6.34. The first-order valence-electron chi connectivity index (χ1n) is 8.13. The zero-order valence-corrected chi connectivity index (χ0v) is 15.6. The van der Waals surface area contributed by atoms with Crippen molar-refractivity contribution in [3.8, 4) is 10.6 Å². The molecule has 6 heteroatoms. The van der Waals surface area contributed by atoms with E-state index in [2.05, 4.69) is 22.4 Å². The van der Waals surface area contributed by atoms with Crippen LogP contribution in [0.2, 0.25) is 0 Å². The van der Waals surface area contributed by atoms with Gasteiger partial charge in [0.15, 0.2) is 0 Å². The van der Waals surface area contributed by atoms with Crippen molar-refractivity contribution in [2.75, 3.05) is 0 Å². The molecule has 3 rings (SSSR count). The Labute approximate surface area is 153 Å². The lowest BCUT2D eigenvalue weighted by Gasteiger charge is -2.16. The summed E-state index contributed by atoms with van der Waals surface area (Å²) in [6.45, 7) is 4.04. The minimum Gasteiger partial charge on any atom is -0.348 e. The number of aryl methyl sites for hydroxylation is 1. The Morgan fingerprint density at radius 3 is 2.67 bits per heavy atom. The molecule has 0 radical (unpaired) electrons. The number of hydrogen-bond donors (Lipinski definition) is 2. The molecule has 1 saturated carbocycles. The van der Waals surface area contributed by atoms with Crippen LogP contribution < -0.4 is 11.1 Å². The lowest BCUT2D eigenvalue weighted by molar-refractivity contribution is -0.125. The zero-order chi connectivity index (χ0) is 16.4. The lowest BCUT2D eigenvalue weighted by Crippen LogP contribution is -2.32. The summed E-state index contributed by atoms with van der Waals surface area (Å²) < 4.78 is 0. The van der Waals surface area contributed by atoms with Crippen LogP contribution in [0.1, 0.15) is 42.8 Å². The van der Waals surface area contributed by atoms with Crippen LogP contribution in [0.15, 0.2) is 30.3 Å². The largest absolute Gasteiger partial charge is 0.348 e. The third kappa shape index (κ3) is 4.15. The first-order valence-corrected chi connectivity index (χ1v) is 8.95. The summed E-state index contributed by atoms with van der Waals surface area (Å²) in [5.41, 5.74) is 8.02. The summed E-state index contributed by atoms with van der Waals surface area (Å²) in [7, 11) is 0. The van der Waals surface area contributed by atoms with Gasteiger partial charge in [0.1, 0.15) is 5.01 Å². The molecule has 0 aliphatic heterocycles. The fourth-order valence-electron chi connectivity index (χ4n) is 3.17. The average molecular weight is 366 g/mol. The number of carbonyl (C=O) groups is 1. The molecule has 0 spiro atoms. The smallest absolute Gasteiger partial charge is 0.223 e. The fourth-order valence-corrected chi connectivity index (χ4v) is 4.24. The predicted octanol–water partition coefficient (Wildman–Crippen LogP) is 3.84. The first-order chi connectivity index (χ1) is 11.0. The van der Waals surface area contributed by atoms with Gasteiger partial charge < -0.3 is 11.1 Å². The Morgan fingerprint density at radius 1 is 1.33 bits per heavy atom. The van der Waals surface area contributed by atoms with E-state index in [-0.39, 0.29) is 36.3 Å². The van der Waals surface area contributed by atoms with Crippen molar-refractivity contribution in [2.24, 2.45) is 11.7 Å². The van der Waals surface area contributed by atoms with E-state index in [1.165, 1.54) is 0 Å². The van der Waals surface area contributed by atoms with E-state index < -0.39 is 0 Å². The number of nitrogens with two attached hydrogens (primary N) is 1. The number of nitrogens with one attached hydrogen (secondary N) is 1. The van der Waals surface area contributed by atoms with Crippen LogP contribution in [0.4, 0.5) is 0 Å². The molecule has 3 N–H and O–H groups in total. The minimum absolute atomic E-state index is 0. The lowest BCUT2D eigenvalue weighted by atomic mass is 10.1. The van der Waals surface area contributed by atoms with Crippen molar-refractivity contribution in [1.82, 2.24) is 10.3 Å². The molecule has 1 aliphatic carbocycles. The van der Waals surface area contributed by atoms with Crippen LogP contribution in [0.3, 0.4) is 0 Å². The summed E-state index contributed by atoms with van der Waals surface area (Å²) >= 11 is 1.66. The summed E-state index contributed by atoms with van der Waals surface area (Å²) in [5.74, 6) is 0.189. The molecule has 3 atom stereocenters. The number of thiazole rings is 1. The highest BCUT2D eigenvalue weighted by atomic mass is 35.5. The highest BCUT2D eigenvalue weighted by Crippen LogP contribution is 2.32. The van der Waals surface area contributed by atoms with Gasteiger partial charge in [0.2, 0.25) is 5.91 Å². The maximum atomic E-state index is 12.4. The molecule has 3 unspecified atom stereocenters. The summed E-state index contributed by atoms with van der Waals surface area (Å²) in [6, 6.07) is 10.3. The van der Waals surface area contributed by atoms with Gasteiger partial charge in [0, 0.05) is 17.5 Å². The fraction of sp³-hybridized carbons (Fsp3) is 0.444. The molecule has 0 bridgehead atoms. The van der Waals surface area contributed by atoms with E-state index in [9.17, 15) is 4.79 Å². The van der Waals surface area contributed by atoms with Gasteiger partial charge in [0.05, 0.1) is 16.6 Å². The molecule has 0 saturated heterocycles. The number of nitrogens with zero attached hydrogens (tertiary/aromatic N) is 1. The molecule has 130 valence electrons. The van der Waals surface area contributed by atoms with Crippen LogP contribution >= 0.6 is 23.7 Å². The number of carbonyl (C=O) groups excluding carboxylic acids is 1. The number of halogens is 1. The molecule has 1 aromatic heterocycles. The predicted molar refractivity (Wildman–Crippen MR) is 101 cm³/mol. The van der Waals surface area contributed by atoms with Crippen LogP contribution in [-0.2, 0) is 4.79 Å². The van der Waals surface area contributed by atoms with Crippen molar-refractivity contribution in [2.45, 2.75) is 45.2 Å². The summed E-state index contributed by atoms with van der Waals surface area (Å²) in [6.07, 6.45) is 2.65. The van der Waals surface area contributed by atoms with Gasteiger partial charge in [-0.1, -0.05) is 30.3 Å². The highest BCUT2D eigenvalue weighted by molar-refractivity contribution is 7.15. The molecule has 1 fully saturated rings. The second kappa shape index (κ2) is 8.10. The SMILES string of the molecule is Cc1nc(-c2ccccc2)sc1C(C)NC(=O)C1CCC(N)C1.Cl. The van der Waals surface area contributed by atoms with Crippen LogP contribution in [0.5, 0.6) is 0 Å². The van der Waals surface area contributed by atoms with Crippen molar-refractivity contribution in [3.63, 3.8) is 0 Å². The molecular weight excluding hydrogens is 342 g/mol. The Bertz CT molecular complexity index is 689. The number of aromatic nitrogens is 1. The molecule has 1 heterocycles. The Kier molecular flexibility index (Phi) is 6.38. The highest BCUT2D eigenvalue weighted by Gasteiger charge is 2.29. The average Bonchev–Trinajstić information content (AvgIpc) is 3.14. The van der Waals surface area contributed by atoms with Crippen LogP contribution in [-0.4, -0.2) is 16.9 Å². The second-order valence-corrected chi connectivity index (χ2v) is 7.37. The number of rotatable bonds is 4. The molecule has 24 heavy (non-hydrogen) atoms. The van der Waals surface area contributed by atoms with Crippen molar-refractivity contribution in [1.29, 1.82) is 0 Å². The van der Waals surface area contributed by atoms with Gasteiger partial charge in [-0.25, -0.2) is 4.98 Å². The van der Waals surface area contributed by atoms with Crippen molar-refractivity contribution >= 4 is 29.7 Å². The quantitative estimate of drug-likeness (QED) is 0.864. The van der Waals surface area contributed by atoms with Gasteiger partial charge in [0.25, 0.3) is 0 Å². The van der Waals surface area contributed by atoms with Gasteiger partial charge in [-0.15, -0.1) is 23.7 Å². The van der Waals surface area contributed by atoms with E-state index >= 15 is 0 Å². The number of hydrogen-bond acceptors (Lipinski definition) is 4. The topological polar surface area (TPSA) is 68.0 Å². The Hall–Kier alpha value is -1.43. The Morgan fingerprint density at radius 2 is 2.04 bits per heavy atom.